The first-order valence-corrected chi connectivity index (χ1v) is 6.25. The summed E-state index contributed by atoms with van der Waals surface area (Å²) < 4.78 is 23.4. The maximum absolute atomic E-state index is 11.7. The van der Waals surface area contributed by atoms with E-state index < -0.39 is 9.84 Å². The van der Waals surface area contributed by atoms with Crippen molar-refractivity contribution in [2.24, 2.45) is 5.73 Å². The summed E-state index contributed by atoms with van der Waals surface area (Å²) in [6.45, 7) is 1.85. The SMILES string of the molecule is CC(N)C1CS(=O)(=O)c2ccccc21. The summed E-state index contributed by atoms with van der Waals surface area (Å²) in [4.78, 5) is 0.460. The predicted octanol–water partition coefficient (Wildman–Crippen LogP) is 0.905. The zero-order chi connectivity index (χ0) is 10.3. The molecule has 2 N–H and O–H groups in total. The molecule has 0 spiro atoms. The Morgan fingerprint density at radius 3 is 2.71 bits per heavy atom. The Balaban J connectivity index is 2.61. The minimum atomic E-state index is -3.08. The largest absolute Gasteiger partial charge is 0.327 e. The molecule has 1 aromatic carbocycles. The van der Waals surface area contributed by atoms with Gasteiger partial charge in [-0.05, 0) is 18.6 Å². The highest BCUT2D eigenvalue weighted by atomic mass is 32.2. The minimum Gasteiger partial charge on any atom is -0.327 e. The number of hydrogen-bond donors (Lipinski definition) is 1. The van der Waals surface area contributed by atoms with E-state index in [2.05, 4.69) is 0 Å². The topological polar surface area (TPSA) is 60.2 Å². The van der Waals surface area contributed by atoms with Crippen LogP contribution in [0.4, 0.5) is 0 Å². The van der Waals surface area contributed by atoms with Gasteiger partial charge < -0.3 is 5.73 Å². The molecular weight excluding hydrogens is 198 g/mol. The van der Waals surface area contributed by atoms with Crippen LogP contribution in [0.25, 0.3) is 0 Å². The molecule has 0 aromatic heterocycles. The lowest BCUT2D eigenvalue weighted by atomic mass is 9.95. The fourth-order valence-corrected chi connectivity index (χ4v) is 3.92. The lowest BCUT2D eigenvalue weighted by Gasteiger charge is -2.13. The van der Waals surface area contributed by atoms with E-state index in [4.69, 9.17) is 5.73 Å². The molecule has 0 saturated carbocycles. The summed E-state index contributed by atoms with van der Waals surface area (Å²) >= 11 is 0. The van der Waals surface area contributed by atoms with Gasteiger partial charge in [-0.3, -0.25) is 0 Å². The second-order valence-corrected chi connectivity index (χ2v) is 5.79. The molecule has 14 heavy (non-hydrogen) atoms. The number of hydrogen-bond acceptors (Lipinski definition) is 3. The number of fused-ring (bicyclic) bond motifs is 1. The standard InChI is InChI=1S/C10H13NO2S/c1-7(11)9-6-14(12,13)10-5-3-2-4-8(9)10/h2-5,7,9H,6,11H2,1H3. The van der Waals surface area contributed by atoms with Crippen molar-refractivity contribution in [3.05, 3.63) is 29.8 Å². The molecule has 1 heterocycles. The van der Waals surface area contributed by atoms with Crippen LogP contribution in [0.5, 0.6) is 0 Å². The Bertz CT molecular complexity index is 451. The maximum Gasteiger partial charge on any atom is 0.179 e. The molecule has 3 nitrogen and oxygen atoms in total. The third kappa shape index (κ3) is 1.35. The molecule has 2 rings (SSSR count). The number of rotatable bonds is 1. The van der Waals surface area contributed by atoms with Crippen molar-refractivity contribution in [3.8, 4) is 0 Å². The highest BCUT2D eigenvalue weighted by molar-refractivity contribution is 7.91. The maximum atomic E-state index is 11.7. The Labute approximate surface area is 83.9 Å². The molecule has 76 valence electrons. The zero-order valence-corrected chi connectivity index (χ0v) is 8.79. The smallest absolute Gasteiger partial charge is 0.179 e. The fraction of sp³-hybridized carbons (Fsp3) is 0.400. The second kappa shape index (κ2) is 3.07. The number of nitrogens with two attached hydrogens (primary N) is 1. The van der Waals surface area contributed by atoms with E-state index >= 15 is 0 Å². The van der Waals surface area contributed by atoms with Gasteiger partial charge in [0.25, 0.3) is 0 Å². The lowest BCUT2D eigenvalue weighted by Crippen LogP contribution is -2.25. The number of sulfone groups is 1. The summed E-state index contributed by atoms with van der Waals surface area (Å²) in [5, 5.41) is 0. The van der Waals surface area contributed by atoms with E-state index in [0.717, 1.165) is 5.56 Å². The summed E-state index contributed by atoms with van der Waals surface area (Å²) in [6, 6.07) is 7.00. The molecular formula is C10H13NO2S. The molecule has 2 atom stereocenters. The Morgan fingerprint density at radius 1 is 1.43 bits per heavy atom. The van der Waals surface area contributed by atoms with Crippen molar-refractivity contribution in [2.45, 2.75) is 23.8 Å². The van der Waals surface area contributed by atoms with Gasteiger partial charge in [-0.2, -0.15) is 0 Å². The molecule has 0 fully saturated rings. The van der Waals surface area contributed by atoms with Gasteiger partial charge in [-0.25, -0.2) is 8.42 Å². The summed E-state index contributed by atoms with van der Waals surface area (Å²) in [7, 11) is -3.08. The van der Waals surface area contributed by atoms with Crippen LogP contribution in [0.15, 0.2) is 29.2 Å². The Hall–Kier alpha value is -0.870. The molecule has 4 heteroatoms. The zero-order valence-electron chi connectivity index (χ0n) is 7.97. The second-order valence-electron chi connectivity index (χ2n) is 3.78. The molecule has 1 aromatic rings. The monoisotopic (exact) mass is 211 g/mol. The van der Waals surface area contributed by atoms with Gasteiger partial charge in [-0.15, -0.1) is 0 Å². The van der Waals surface area contributed by atoms with Gasteiger partial charge in [0.1, 0.15) is 0 Å². The van der Waals surface area contributed by atoms with Gasteiger partial charge in [0, 0.05) is 12.0 Å². The molecule has 0 saturated heterocycles. The quantitative estimate of drug-likeness (QED) is 0.751. The lowest BCUT2D eigenvalue weighted by molar-refractivity contribution is 0.584. The van der Waals surface area contributed by atoms with Crippen molar-refractivity contribution in [1.29, 1.82) is 0 Å². The van der Waals surface area contributed by atoms with Crippen molar-refractivity contribution >= 4 is 9.84 Å². The summed E-state index contributed by atoms with van der Waals surface area (Å²) in [6.07, 6.45) is 0. The molecule has 2 unspecified atom stereocenters. The fourth-order valence-electron chi connectivity index (χ4n) is 1.92. The van der Waals surface area contributed by atoms with Crippen LogP contribution < -0.4 is 5.73 Å². The van der Waals surface area contributed by atoms with Crippen LogP contribution in [0.3, 0.4) is 0 Å². The average molecular weight is 211 g/mol. The van der Waals surface area contributed by atoms with Crippen LogP contribution in [0.1, 0.15) is 18.4 Å². The van der Waals surface area contributed by atoms with Crippen LogP contribution in [-0.2, 0) is 9.84 Å². The van der Waals surface area contributed by atoms with Crippen molar-refractivity contribution in [1.82, 2.24) is 0 Å². The molecule has 0 aliphatic carbocycles. The van der Waals surface area contributed by atoms with Crippen molar-refractivity contribution in [2.75, 3.05) is 5.75 Å². The van der Waals surface area contributed by atoms with Crippen LogP contribution in [0.2, 0.25) is 0 Å². The van der Waals surface area contributed by atoms with Crippen molar-refractivity contribution in [3.63, 3.8) is 0 Å². The summed E-state index contributed by atoms with van der Waals surface area (Å²) in [5.41, 5.74) is 6.65. The van der Waals surface area contributed by atoms with Gasteiger partial charge in [-0.1, -0.05) is 18.2 Å². The van der Waals surface area contributed by atoms with Gasteiger partial charge >= 0.3 is 0 Å². The molecule has 1 aliphatic rings. The Kier molecular flexibility index (Phi) is 2.12. The van der Waals surface area contributed by atoms with E-state index in [1.54, 1.807) is 12.1 Å². The van der Waals surface area contributed by atoms with E-state index in [1.807, 2.05) is 19.1 Å². The van der Waals surface area contributed by atoms with Gasteiger partial charge in [0.05, 0.1) is 10.6 Å². The molecule has 0 amide bonds. The van der Waals surface area contributed by atoms with Crippen molar-refractivity contribution < 1.29 is 8.42 Å². The third-order valence-corrected chi connectivity index (χ3v) is 4.53. The van der Waals surface area contributed by atoms with E-state index in [1.165, 1.54) is 0 Å². The van der Waals surface area contributed by atoms with E-state index in [0.29, 0.717) is 4.90 Å². The van der Waals surface area contributed by atoms with E-state index in [-0.39, 0.29) is 17.7 Å². The van der Waals surface area contributed by atoms with Crippen LogP contribution >= 0.6 is 0 Å². The van der Waals surface area contributed by atoms with Crippen LogP contribution in [0, 0.1) is 0 Å². The first-order valence-electron chi connectivity index (χ1n) is 4.59. The minimum absolute atomic E-state index is 0.0452. The average Bonchev–Trinajstić information content (AvgIpc) is 2.40. The third-order valence-electron chi connectivity index (χ3n) is 2.69. The van der Waals surface area contributed by atoms with E-state index in [9.17, 15) is 8.42 Å². The molecule has 1 aliphatic heterocycles. The first-order chi connectivity index (χ1) is 6.52. The Morgan fingerprint density at radius 2 is 2.07 bits per heavy atom. The highest BCUT2D eigenvalue weighted by Crippen LogP contribution is 2.35. The summed E-state index contributed by atoms with van der Waals surface area (Å²) in [5.74, 6) is 0.112. The van der Waals surface area contributed by atoms with Crippen LogP contribution in [-0.4, -0.2) is 20.2 Å². The predicted molar refractivity (Wildman–Crippen MR) is 54.9 cm³/mol. The normalized spacial score (nSPS) is 25.7. The number of benzene rings is 1. The molecule has 0 bridgehead atoms. The highest BCUT2D eigenvalue weighted by Gasteiger charge is 2.35. The first kappa shape index (κ1) is 9.68. The van der Waals surface area contributed by atoms with Gasteiger partial charge in [0.2, 0.25) is 0 Å². The molecule has 0 radical (unpaired) electrons. The van der Waals surface area contributed by atoms with Gasteiger partial charge in [0.15, 0.2) is 9.84 Å².